The second-order valence-electron chi connectivity index (χ2n) is 4.67. The highest BCUT2D eigenvalue weighted by Gasteiger charge is 2.47. The molecule has 0 amide bonds. The average Bonchev–Trinajstić information content (AvgIpc) is 2.20. The van der Waals surface area contributed by atoms with E-state index in [1.54, 1.807) is 0 Å². The summed E-state index contributed by atoms with van der Waals surface area (Å²) in [6, 6.07) is 0. The molecule has 0 N–H and O–H groups in total. The molecule has 13 heavy (non-hydrogen) atoms. The van der Waals surface area contributed by atoms with E-state index in [1.165, 1.54) is 32.1 Å². The first kappa shape index (κ1) is 9.26. The lowest BCUT2D eigenvalue weighted by atomic mass is 9.61. The van der Waals surface area contributed by atoms with Gasteiger partial charge in [-0.25, -0.2) is 0 Å². The highest BCUT2D eigenvalue weighted by molar-refractivity contribution is 5.00. The summed E-state index contributed by atoms with van der Waals surface area (Å²) in [4.78, 5) is 0. The van der Waals surface area contributed by atoms with E-state index < -0.39 is 0 Å². The third-order valence-electron chi connectivity index (χ3n) is 4.17. The van der Waals surface area contributed by atoms with Gasteiger partial charge in [0.25, 0.3) is 0 Å². The van der Waals surface area contributed by atoms with Gasteiger partial charge in [-0.2, -0.15) is 0 Å². The monoisotopic (exact) mass is 180 g/mol. The van der Waals surface area contributed by atoms with Crippen molar-refractivity contribution >= 4 is 0 Å². The quantitative estimate of drug-likeness (QED) is 0.606. The molecule has 74 valence electrons. The standard InChI is InChI=1S/C12H20O/c1-3-4-11-9-10-5-7-12(11,13-2)8-6-10/h3,10-11H,1,4-9H2,2H3/t10?,11-,12?/m1/s1. The summed E-state index contributed by atoms with van der Waals surface area (Å²) >= 11 is 0. The van der Waals surface area contributed by atoms with E-state index >= 15 is 0 Å². The van der Waals surface area contributed by atoms with Crippen LogP contribution in [0, 0.1) is 11.8 Å². The van der Waals surface area contributed by atoms with Crippen LogP contribution in [0.1, 0.15) is 38.5 Å². The maximum atomic E-state index is 5.78. The van der Waals surface area contributed by atoms with Crippen molar-refractivity contribution in [1.29, 1.82) is 0 Å². The maximum absolute atomic E-state index is 5.78. The molecule has 0 aromatic carbocycles. The zero-order valence-electron chi connectivity index (χ0n) is 8.59. The van der Waals surface area contributed by atoms with Crippen LogP contribution in [0.3, 0.4) is 0 Å². The zero-order valence-corrected chi connectivity index (χ0v) is 8.59. The van der Waals surface area contributed by atoms with Crippen molar-refractivity contribution in [3.63, 3.8) is 0 Å². The van der Waals surface area contributed by atoms with Crippen molar-refractivity contribution < 1.29 is 4.74 Å². The summed E-state index contributed by atoms with van der Waals surface area (Å²) in [6.45, 7) is 3.85. The van der Waals surface area contributed by atoms with Crippen molar-refractivity contribution in [3.8, 4) is 0 Å². The van der Waals surface area contributed by atoms with Gasteiger partial charge in [0.15, 0.2) is 0 Å². The van der Waals surface area contributed by atoms with Crippen LogP contribution in [0.5, 0.6) is 0 Å². The van der Waals surface area contributed by atoms with E-state index in [0.717, 1.165) is 18.3 Å². The molecule has 0 heterocycles. The number of rotatable bonds is 3. The van der Waals surface area contributed by atoms with E-state index in [2.05, 4.69) is 12.7 Å². The van der Waals surface area contributed by atoms with E-state index in [-0.39, 0.29) is 5.60 Å². The van der Waals surface area contributed by atoms with Gasteiger partial charge < -0.3 is 4.74 Å². The lowest BCUT2D eigenvalue weighted by molar-refractivity contribution is -0.129. The Labute approximate surface area is 81.2 Å². The van der Waals surface area contributed by atoms with Crippen LogP contribution >= 0.6 is 0 Å². The first-order chi connectivity index (χ1) is 6.30. The largest absolute Gasteiger partial charge is 0.378 e. The van der Waals surface area contributed by atoms with Gasteiger partial charge in [-0.1, -0.05) is 6.08 Å². The van der Waals surface area contributed by atoms with Gasteiger partial charge in [-0.15, -0.1) is 6.58 Å². The van der Waals surface area contributed by atoms with Gasteiger partial charge in [0.2, 0.25) is 0 Å². The molecule has 0 radical (unpaired) electrons. The average molecular weight is 180 g/mol. The molecule has 0 saturated heterocycles. The maximum Gasteiger partial charge on any atom is 0.0710 e. The molecule has 3 rings (SSSR count). The van der Waals surface area contributed by atoms with Gasteiger partial charge in [-0.05, 0) is 50.4 Å². The van der Waals surface area contributed by atoms with E-state index in [0.29, 0.717) is 0 Å². The summed E-state index contributed by atoms with van der Waals surface area (Å²) in [6.07, 6.45) is 9.93. The van der Waals surface area contributed by atoms with Crippen LogP contribution in [-0.2, 0) is 4.74 Å². The second kappa shape index (κ2) is 3.45. The smallest absolute Gasteiger partial charge is 0.0710 e. The second-order valence-corrected chi connectivity index (χ2v) is 4.67. The molecule has 3 aliphatic carbocycles. The number of hydrogen-bond acceptors (Lipinski definition) is 1. The highest BCUT2D eigenvalue weighted by atomic mass is 16.5. The Hall–Kier alpha value is -0.300. The molecule has 0 unspecified atom stereocenters. The van der Waals surface area contributed by atoms with E-state index in [9.17, 15) is 0 Å². The summed E-state index contributed by atoms with van der Waals surface area (Å²) in [5, 5.41) is 0. The minimum Gasteiger partial charge on any atom is -0.378 e. The molecule has 0 spiro atoms. The molecule has 0 aromatic rings. The first-order valence-electron chi connectivity index (χ1n) is 5.47. The molecule has 1 heteroatoms. The van der Waals surface area contributed by atoms with Gasteiger partial charge in [0.05, 0.1) is 5.60 Å². The molecule has 0 aromatic heterocycles. The Kier molecular flexibility index (Phi) is 2.46. The van der Waals surface area contributed by atoms with E-state index in [4.69, 9.17) is 4.74 Å². The summed E-state index contributed by atoms with van der Waals surface area (Å²) in [5.41, 5.74) is 0.225. The van der Waals surface area contributed by atoms with Crippen LogP contribution in [0.4, 0.5) is 0 Å². The fourth-order valence-electron chi connectivity index (χ4n) is 3.31. The molecule has 0 aliphatic heterocycles. The van der Waals surface area contributed by atoms with Crippen LogP contribution in [0.25, 0.3) is 0 Å². The van der Waals surface area contributed by atoms with Crippen LogP contribution in [-0.4, -0.2) is 12.7 Å². The van der Waals surface area contributed by atoms with Crippen molar-refractivity contribution in [2.24, 2.45) is 11.8 Å². The highest BCUT2D eigenvalue weighted by Crippen LogP contribution is 2.50. The van der Waals surface area contributed by atoms with Crippen molar-refractivity contribution in [3.05, 3.63) is 12.7 Å². The number of methoxy groups -OCH3 is 1. The van der Waals surface area contributed by atoms with Crippen LogP contribution in [0.15, 0.2) is 12.7 Å². The van der Waals surface area contributed by atoms with Crippen molar-refractivity contribution in [2.75, 3.05) is 7.11 Å². The molecular formula is C12H20O. The third-order valence-corrected chi connectivity index (χ3v) is 4.17. The Morgan fingerprint density at radius 1 is 1.46 bits per heavy atom. The molecular weight excluding hydrogens is 160 g/mol. The Morgan fingerprint density at radius 2 is 2.15 bits per heavy atom. The van der Waals surface area contributed by atoms with Crippen molar-refractivity contribution in [2.45, 2.75) is 44.1 Å². The minimum absolute atomic E-state index is 0.225. The van der Waals surface area contributed by atoms with Gasteiger partial charge in [-0.3, -0.25) is 0 Å². The third kappa shape index (κ3) is 1.43. The molecule has 2 bridgehead atoms. The molecule has 3 aliphatic rings. The Balaban J connectivity index is 2.13. The lowest BCUT2D eigenvalue weighted by Crippen LogP contribution is -2.49. The molecule has 1 atom stereocenters. The summed E-state index contributed by atoms with van der Waals surface area (Å²) in [7, 11) is 1.89. The van der Waals surface area contributed by atoms with Crippen molar-refractivity contribution in [1.82, 2.24) is 0 Å². The minimum atomic E-state index is 0.225. The predicted octanol–water partition coefficient (Wildman–Crippen LogP) is 3.16. The Morgan fingerprint density at radius 3 is 2.69 bits per heavy atom. The number of fused-ring (bicyclic) bond motifs is 3. The number of ether oxygens (including phenoxy) is 1. The molecule has 3 fully saturated rings. The number of hydrogen-bond donors (Lipinski definition) is 0. The number of allylic oxidation sites excluding steroid dienone is 1. The predicted molar refractivity (Wildman–Crippen MR) is 54.6 cm³/mol. The zero-order chi connectivity index (χ0) is 9.31. The van der Waals surface area contributed by atoms with Crippen LogP contribution < -0.4 is 0 Å². The Bertz CT molecular complexity index is 189. The van der Waals surface area contributed by atoms with Gasteiger partial charge >= 0.3 is 0 Å². The normalized spacial score (nSPS) is 43.5. The summed E-state index contributed by atoms with van der Waals surface area (Å²) in [5.74, 6) is 1.74. The topological polar surface area (TPSA) is 9.23 Å². The fraction of sp³-hybridized carbons (Fsp3) is 0.833. The van der Waals surface area contributed by atoms with Gasteiger partial charge in [0.1, 0.15) is 0 Å². The molecule has 1 nitrogen and oxygen atoms in total. The van der Waals surface area contributed by atoms with Crippen LogP contribution in [0.2, 0.25) is 0 Å². The molecule has 3 saturated carbocycles. The summed E-state index contributed by atoms with van der Waals surface area (Å²) < 4.78 is 5.78. The van der Waals surface area contributed by atoms with E-state index in [1.807, 2.05) is 7.11 Å². The SMILES string of the molecule is C=CC[C@@H]1CC2CCC1(OC)CC2. The fourth-order valence-corrected chi connectivity index (χ4v) is 3.31. The first-order valence-corrected chi connectivity index (χ1v) is 5.47. The lowest BCUT2D eigenvalue weighted by Gasteiger charge is -2.51. The van der Waals surface area contributed by atoms with Gasteiger partial charge in [0, 0.05) is 7.11 Å².